The number of carbonyl (C=O) groups excluding carboxylic acids is 1. The maximum Gasteiger partial charge on any atom is 0.252 e. The zero-order valence-electron chi connectivity index (χ0n) is 8.74. The summed E-state index contributed by atoms with van der Waals surface area (Å²) in [4.78, 5) is 15.0. The Balaban J connectivity index is 3.10. The summed E-state index contributed by atoms with van der Waals surface area (Å²) in [7, 11) is 0. The van der Waals surface area contributed by atoms with E-state index in [0.29, 0.717) is 17.1 Å². The lowest BCUT2D eigenvalue weighted by Gasteiger charge is -2.13. The van der Waals surface area contributed by atoms with E-state index < -0.39 is 5.91 Å². The van der Waals surface area contributed by atoms with E-state index in [1.807, 2.05) is 13.8 Å². The van der Waals surface area contributed by atoms with Crippen molar-refractivity contribution in [2.24, 2.45) is 11.6 Å². The molecule has 0 aliphatic carbocycles. The van der Waals surface area contributed by atoms with Gasteiger partial charge in [0.1, 0.15) is 5.82 Å². The molecule has 0 aliphatic rings. The fraction of sp³-hybridized carbons (Fsp3) is 0.333. The average molecular weight is 209 g/mol. The summed E-state index contributed by atoms with van der Waals surface area (Å²) in [6.07, 6.45) is 1.39. The number of hydrogen-bond acceptors (Lipinski definition) is 5. The molecule has 0 radical (unpaired) electrons. The van der Waals surface area contributed by atoms with Crippen LogP contribution in [0.1, 0.15) is 24.2 Å². The molecule has 0 aliphatic heterocycles. The second-order valence-electron chi connectivity index (χ2n) is 3.42. The fourth-order valence-electron chi connectivity index (χ4n) is 1.16. The number of nitrogens with one attached hydrogen (secondary N) is 2. The Labute approximate surface area is 88.0 Å². The standard InChI is InChI=1S/C9H15N5O/c1-5(2)13-7-3-8(14-11)12-4-6(7)9(10)15/h3-5H,11H2,1-2H3,(H2,10,15)(H2,12,13,14). The highest BCUT2D eigenvalue weighted by Crippen LogP contribution is 2.18. The van der Waals surface area contributed by atoms with Crippen LogP contribution in [0, 0.1) is 0 Å². The first kappa shape index (κ1) is 11.3. The fourth-order valence-corrected chi connectivity index (χ4v) is 1.16. The van der Waals surface area contributed by atoms with Gasteiger partial charge >= 0.3 is 0 Å². The zero-order valence-corrected chi connectivity index (χ0v) is 8.74. The Kier molecular flexibility index (Phi) is 3.46. The van der Waals surface area contributed by atoms with Crippen molar-refractivity contribution in [2.45, 2.75) is 19.9 Å². The van der Waals surface area contributed by atoms with Crippen LogP contribution in [-0.2, 0) is 0 Å². The SMILES string of the molecule is CC(C)Nc1cc(NN)ncc1C(N)=O. The molecule has 6 heteroatoms. The molecule has 6 nitrogen and oxygen atoms in total. The second kappa shape index (κ2) is 4.61. The van der Waals surface area contributed by atoms with Gasteiger partial charge in [-0.15, -0.1) is 0 Å². The Hall–Kier alpha value is -1.82. The summed E-state index contributed by atoms with van der Waals surface area (Å²) in [5.74, 6) is 5.18. The molecule has 1 heterocycles. The summed E-state index contributed by atoms with van der Waals surface area (Å²) in [5, 5.41) is 3.09. The smallest absolute Gasteiger partial charge is 0.252 e. The topological polar surface area (TPSA) is 106 Å². The van der Waals surface area contributed by atoms with Crippen LogP contribution in [0.2, 0.25) is 0 Å². The summed E-state index contributed by atoms with van der Waals surface area (Å²) in [6, 6.07) is 1.83. The molecule has 6 N–H and O–H groups in total. The van der Waals surface area contributed by atoms with Gasteiger partial charge in [-0.2, -0.15) is 0 Å². The van der Waals surface area contributed by atoms with E-state index >= 15 is 0 Å². The summed E-state index contributed by atoms with van der Waals surface area (Å²) >= 11 is 0. The van der Waals surface area contributed by atoms with Gasteiger partial charge in [-0.05, 0) is 13.8 Å². The molecule has 82 valence electrons. The molecule has 0 saturated heterocycles. The quantitative estimate of drug-likeness (QED) is 0.421. The number of pyridine rings is 1. The summed E-state index contributed by atoms with van der Waals surface area (Å²) < 4.78 is 0. The van der Waals surface area contributed by atoms with Crippen LogP contribution in [0.4, 0.5) is 11.5 Å². The molecule has 1 rings (SSSR count). The van der Waals surface area contributed by atoms with E-state index in [1.165, 1.54) is 6.20 Å². The maximum atomic E-state index is 11.1. The van der Waals surface area contributed by atoms with Crippen molar-refractivity contribution in [3.05, 3.63) is 17.8 Å². The number of amides is 1. The first-order valence-electron chi connectivity index (χ1n) is 4.57. The molecular weight excluding hydrogens is 194 g/mol. The molecule has 1 amide bonds. The van der Waals surface area contributed by atoms with Crippen LogP contribution >= 0.6 is 0 Å². The molecule has 0 saturated carbocycles. The number of hydrogen-bond donors (Lipinski definition) is 4. The van der Waals surface area contributed by atoms with Crippen molar-refractivity contribution in [3.8, 4) is 0 Å². The number of rotatable bonds is 4. The Morgan fingerprint density at radius 2 is 2.20 bits per heavy atom. The molecular formula is C9H15N5O. The van der Waals surface area contributed by atoms with Crippen molar-refractivity contribution in [1.29, 1.82) is 0 Å². The van der Waals surface area contributed by atoms with Crippen LogP contribution < -0.4 is 22.3 Å². The predicted molar refractivity (Wildman–Crippen MR) is 59.3 cm³/mol. The highest BCUT2D eigenvalue weighted by atomic mass is 16.1. The van der Waals surface area contributed by atoms with Crippen LogP contribution in [0.3, 0.4) is 0 Å². The number of nitrogens with two attached hydrogens (primary N) is 2. The number of aromatic nitrogens is 1. The Bertz CT molecular complexity index is 364. The van der Waals surface area contributed by atoms with Gasteiger partial charge in [-0.3, -0.25) is 4.79 Å². The summed E-state index contributed by atoms with van der Waals surface area (Å²) in [6.45, 7) is 3.92. The number of nitrogen functional groups attached to an aromatic ring is 1. The minimum atomic E-state index is -0.519. The Morgan fingerprint density at radius 3 is 2.67 bits per heavy atom. The van der Waals surface area contributed by atoms with E-state index in [2.05, 4.69) is 15.7 Å². The lowest BCUT2D eigenvalue weighted by atomic mass is 10.2. The number of nitrogens with zero attached hydrogens (tertiary/aromatic N) is 1. The van der Waals surface area contributed by atoms with Gasteiger partial charge < -0.3 is 16.5 Å². The lowest BCUT2D eigenvalue weighted by Crippen LogP contribution is -2.19. The van der Waals surface area contributed by atoms with Gasteiger partial charge in [0.05, 0.1) is 11.3 Å². The highest BCUT2D eigenvalue weighted by molar-refractivity contribution is 5.98. The van der Waals surface area contributed by atoms with E-state index in [9.17, 15) is 4.79 Å². The molecule has 0 aromatic carbocycles. The normalized spacial score (nSPS) is 10.1. The van der Waals surface area contributed by atoms with Crippen LogP contribution in [0.25, 0.3) is 0 Å². The maximum absolute atomic E-state index is 11.1. The molecule has 0 fully saturated rings. The lowest BCUT2D eigenvalue weighted by molar-refractivity contribution is 0.100. The predicted octanol–water partition coefficient (Wildman–Crippen LogP) is 0.286. The van der Waals surface area contributed by atoms with Crippen molar-refractivity contribution >= 4 is 17.4 Å². The summed E-state index contributed by atoms with van der Waals surface area (Å²) in [5.41, 5.74) is 8.59. The molecule has 0 atom stereocenters. The van der Waals surface area contributed by atoms with Gasteiger partial charge in [-0.1, -0.05) is 0 Å². The second-order valence-corrected chi connectivity index (χ2v) is 3.42. The van der Waals surface area contributed by atoms with E-state index in [0.717, 1.165) is 0 Å². The molecule has 0 spiro atoms. The molecule has 0 unspecified atom stereocenters. The number of carbonyl (C=O) groups is 1. The van der Waals surface area contributed by atoms with E-state index in [4.69, 9.17) is 11.6 Å². The minimum absolute atomic E-state index is 0.191. The molecule has 1 aromatic rings. The van der Waals surface area contributed by atoms with E-state index in [-0.39, 0.29) is 6.04 Å². The van der Waals surface area contributed by atoms with Crippen molar-refractivity contribution in [3.63, 3.8) is 0 Å². The van der Waals surface area contributed by atoms with Crippen LogP contribution in [0.5, 0.6) is 0 Å². The van der Waals surface area contributed by atoms with E-state index in [1.54, 1.807) is 6.07 Å². The minimum Gasteiger partial charge on any atom is -0.382 e. The third-order valence-corrected chi connectivity index (χ3v) is 1.76. The van der Waals surface area contributed by atoms with Crippen molar-refractivity contribution in [2.75, 3.05) is 10.7 Å². The van der Waals surface area contributed by atoms with Crippen molar-refractivity contribution in [1.82, 2.24) is 4.98 Å². The largest absolute Gasteiger partial charge is 0.382 e. The van der Waals surface area contributed by atoms with Gasteiger partial charge in [0, 0.05) is 18.3 Å². The zero-order chi connectivity index (χ0) is 11.4. The van der Waals surface area contributed by atoms with Gasteiger partial charge in [-0.25, -0.2) is 10.8 Å². The van der Waals surface area contributed by atoms with Crippen molar-refractivity contribution < 1.29 is 4.79 Å². The average Bonchev–Trinajstić information content (AvgIpc) is 2.16. The number of primary amides is 1. The first-order valence-corrected chi connectivity index (χ1v) is 4.57. The molecule has 1 aromatic heterocycles. The molecule has 0 bridgehead atoms. The highest BCUT2D eigenvalue weighted by Gasteiger charge is 2.10. The Morgan fingerprint density at radius 1 is 1.53 bits per heavy atom. The third-order valence-electron chi connectivity index (χ3n) is 1.76. The number of anilines is 2. The van der Waals surface area contributed by atoms with Gasteiger partial charge in [0.25, 0.3) is 5.91 Å². The molecule has 15 heavy (non-hydrogen) atoms. The third kappa shape index (κ3) is 2.81. The van der Waals surface area contributed by atoms with Crippen LogP contribution in [-0.4, -0.2) is 16.9 Å². The van der Waals surface area contributed by atoms with Gasteiger partial charge in [0.15, 0.2) is 0 Å². The van der Waals surface area contributed by atoms with Gasteiger partial charge in [0.2, 0.25) is 0 Å². The monoisotopic (exact) mass is 209 g/mol. The number of hydrazine groups is 1. The van der Waals surface area contributed by atoms with Crippen LogP contribution in [0.15, 0.2) is 12.3 Å². The first-order chi connectivity index (χ1) is 7.04.